The van der Waals surface area contributed by atoms with Gasteiger partial charge in [0.15, 0.2) is 0 Å². The number of aliphatic hydroxyl groups is 1. The van der Waals surface area contributed by atoms with E-state index in [0.717, 1.165) is 0 Å². The summed E-state index contributed by atoms with van der Waals surface area (Å²) in [5, 5.41) is 16.2. The lowest BCUT2D eigenvalue weighted by Crippen LogP contribution is -2.60. The number of para-hydroxylation sites is 1. The third kappa shape index (κ3) is 4.17. The number of hydrogen-bond donors (Lipinski definition) is 3. The van der Waals surface area contributed by atoms with Crippen LogP contribution in [0.3, 0.4) is 0 Å². The van der Waals surface area contributed by atoms with Gasteiger partial charge in [-0.25, -0.2) is 0 Å². The Morgan fingerprint density at radius 3 is 2.44 bits per heavy atom. The molecule has 3 N–H and O–H groups in total. The molecular weight excluding hydrogens is 518 g/mol. The van der Waals surface area contributed by atoms with Crippen LogP contribution in [0.2, 0.25) is 0 Å². The summed E-state index contributed by atoms with van der Waals surface area (Å²) >= 11 is 5.37. The van der Waals surface area contributed by atoms with Crippen LogP contribution in [-0.2, 0) is 14.4 Å². The Labute approximate surface area is 213 Å². The van der Waals surface area contributed by atoms with E-state index in [1.165, 1.54) is 0 Å². The summed E-state index contributed by atoms with van der Waals surface area (Å²) in [5.74, 6) is -1.87. The number of halogens is 1. The molecule has 1 aromatic rings. The van der Waals surface area contributed by atoms with E-state index in [-0.39, 0.29) is 40.3 Å². The summed E-state index contributed by atoms with van der Waals surface area (Å²) in [6.07, 6.45) is 0.614. The van der Waals surface area contributed by atoms with Crippen molar-refractivity contribution < 1.29 is 19.5 Å². The van der Waals surface area contributed by atoms with Crippen LogP contribution in [0.1, 0.15) is 41.0 Å². The molecule has 0 aliphatic carbocycles. The largest absolute Gasteiger partial charge is 0.394 e. The molecule has 1 aromatic carbocycles. The topological polar surface area (TPSA) is 98.7 Å². The van der Waals surface area contributed by atoms with Crippen LogP contribution in [-0.4, -0.2) is 66.8 Å². The second-order valence-electron chi connectivity index (χ2n) is 11.0. The van der Waals surface area contributed by atoms with Crippen molar-refractivity contribution in [3.63, 3.8) is 0 Å². The van der Waals surface area contributed by atoms with Crippen molar-refractivity contribution in [1.82, 2.24) is 10.2 Å². The molecule has 3 amide bonds. The van der Waals surface area contributed by atoms with Gasteiger partial charge < -0.3 is 20.6 Å². The summed E-state index contributed by atoms with van der Waals surface area (Å²) in [4.78, 5) is 43.0. The van der Waals surface area contributed by atoms with Gasteiger partial charge in [-0.3, -0.25) is 14.4 Å². The van der Waals surface area contributed by atoms with Gasteiger partial charge in [-0.1, -0.05) is 48.0 Å². The predicted octanol–water partition coefficient (Wildman–Crippen LogP) is 3.02. The van der Waals surface area contributed by atoms with Gasteiger partial charge in [-0.05, 0) is 45.2 Å². The van der Waals surface area contributed by atoms with E-state index in [1.807, 2.05) is 65.0 Å². The van der Waals surface area contributed by atoms with Crippen LogP contribution in [0.5, 0.6) is 0 Å². The fourth-order valence-electron chi connectivity index (χ4n) is 5.83. The summed E-state index contributed by atoms with van der Waals surface area (Å²) in [6, 6.07) is 7.96. The SMILES string of the molecule is CC(C)[C@H](CO)N1C(=O)[C@@H]2[C@H](C(=O)Nc3ccccc3)[C@H]3SC2(CC3Br)C1C(=O)NC(C)(C)C. The zero-order valence-corrected chi connectivity index (χ0v) is 22.7. The molecule has 34 heavy (non-hydrogen) atoms. The van der Waals surface area contributed by atoms with E-state index in [9.17, 15) is 19.5 Å². The minimum Gasteiger partial charge on any atom is -0.394 e. The van der Waals surface area contributed by atoms with Gasteiger partial charge in [0.05, 0.1) is 29.2 Å². The maximum absolute atomic E-state index is 14.1. The number of amides is 3. The molecule has 3 saturated heterocycles. The van der Waals surface area contributed by atoms with E-state index >= 15 is 0 Å². The Kier molecular flexibility index (Phi) is 6.85. The van der Waals surface area contributed by atoms with Gasteiger partial charge in [-0.2, -0.15) is 0 Å². The van der Waals surface area contributed by atoms with E-state index in [4.69, 9.17) is 0 Å². The van der Waals surface area contributed by atoms with Crippen molar-refractivity contribution in [3.8, 4) is 0 Å². The fraction of sp³-hybridized carbons (Fsp3) is 0.640. The number of aliphatic hydroxyl groups excluding tert-OH is 1. The Bertz CT molecular complexity index is 969. The molecule has 0 aromatic heterocycles. The molecule has 3 aliphatic heterocycles. The van der Waals surface area contributed by atoms with E-state index in [1.54, 1.807) is 16.7 Å². The lowest BCUT2D eigenvalue weighted by molar-refractivity contribution is -0.143. The molecule has 3 heterocycles. The van der Waals surface area contributed by atoms with Crippen molar-refractivity contribution in [2.75, 3.05) is 11.9 Å². The van der Waals surface area contributed by atoms with Crippen LogP contribution in [0.25, 0.3) is 0 Å². The number of rotatable bonds is 6. The minimum absolute atomic E-state index is 0.00425. The molecule has 7 atom stereocenters. The molecule has 186 valence electrons. The smallest absolute Gasteiger partial charge is 0.244 e. The van der Waals surface area contributed by atoms with E-state index in [0.29, 0.717) is 12.1 Å². The van der Waals surface area contributed by atoms with Crippen molar-refractivity contribution in [2.24, 2.45) is 17.8 Å². The Morgan fingerprint density at radius 1 is 1.24 bits per heavy atom. The lowest BCUT2D eigenvalue weighted by atomic mass is 9.70. The van der Waals surface area contributed by atoms with E-state index in [2.05, 4.69) is 26.6 Å². The van der Waals surface area contributed by atoms with Gasteiger partial charge in [0, 0.05) is 21.3 Å². The number of nitrogens with one attached hydrogen (secondary N) is 2. The van der Waals surface area contributed by atoms with Crippen LogP contribution in [0.15, 0.2) is 30.3 Å². The number of hydrogen-bond acceptors (Lipinski definition) is 5. The van der Waals surface area contributed by atoms with Crippen molar-refractivity contribution >= 4 is 51.1 Å². The molecule has 1 spiro atoms. The highest BCUT2D eigenvalue weighted by Gasteiger charge is 2.76. The number of carbonyl (C=O) groups excluding carboxylic acids is 3. The number of carbonyl (C=O) groups is 3. The predicted molar refractivity (Wildman–Crippen MR) is 138 cm³/mol. The summed E-state index contributed by atoms with van der Waals surface area (Å²) in [5.41, 5.74) is 0.201. The first-order valence-electron chi connectivity index (χ1n) is 11.8. The molecule has 9 heteroatoms. The standard InChI is InChI=1S/C25H34BrN3O4S/c1-13(2)16(12-30)29-20(22(32)28-24(3,4)5)25-11-15(26)19(34-25)17(18(25)23(29)33)21(31)27-14-9-7-6-8-10-14/h6-10,13,15-20,30H,11-12H2,1-5H3,(H,27,31)(H,28,32)/t15?,16-,17-,18-,19-,20?,25?/m0/s1. The number of thioether (sulfide) groups is 1. The highest BCUT2D eigenvalue weighted by atomic mass is 79.9. The maximum Gasteiger partial charge on any atom is 0.244 e. The van der Waals surface area contributed by atoms with Crippen molar-refractivity contribution in [3.05, 3.63) is 30.3 Å². The average molecular weight is 553 g/mol. The molecule has 3 aliphatic rings. The molecule has 3 unspecified atom stereocenters. The molecule has 0 saturated carbocycles. The van der Waals surface area contributed by atoms with Gasteiger partial charge >= 0.3 is 0 Å². The lowest BCUT2D eigenvalue weighted by Gasteiger charge is -2.39. The van der Waals surface area contributed by atoms with Crippen LogP contribution in [0.4, 0.5) is 5.69 Å². The fourth-order valence-corrected chi connectivity index (χ4v) is 9.43. The first-order chi connectivity index (χ1) is 15.9. The zero-order valence-electron chi connectivity index (χ0n) is 20.2. The highest BCUT2D eigenvalue weighted by molar-refractivity contribution is 9.09. The molecule has 7 nitrogen and oxygen atoms in total. The van der Waals surface area contributed by atoms with Gasteiger partial charge in [0.25, 0.3) is 0 Å². The molecule has 3 fully saturated rings. The Morgan fingerprint density at radius 2 is 1.88 bits per heavy atom. The van der Waals surface area contributed by atoms with Crippen LogP contribution >= 0.6 is 27.7 Å². The van der Waals surface area contributed by atoms with Gasteiger partial charge in [0.1, 0.15) is 6.04 Å². The Hall–Kier alpha value is -1.58. The number of anilines is 1. The summed E-state index contributed by atoms with van der Waals surface area (Å²) < 4.78 is -0.730. The second kappa shape index (κ2) is 9.13. The van der Waals surface area contributed by atoms with E-state index < -0.39 is 34.2 Å². The number of benzene rings is 1. The van der Waals surface area contributed by atoms with Crippen LogP contribution < -0.4 is 10.6 Å². The monoisotopic (exact) mass is 551 g/mol. The average Bonchev–Trinajstić information content (AvgIpc) is 3.32. The molecule has 0 radical (unpaired) electrons. The second-order valence-corrected chi connectivity index (χ2v) is 13.7. The zero-order chi connectivity index (χ0) is 25.0. The first kappa shape index (κ1) is 25.5. The summed E-state index contributed by atoms with van der Waals surface area (Å²) in [7, 11) is 0. The normalized spacial score (nSPS) is 33.2. The highest BCUT2D eigenvalue weighted by Crippen LogP contribution is 2.68. The third-order valence-corrected chi connectivity index (χ3v) is 10.4. The minimum atomic E-state index is -0.756. The number of nitrogens with zero attached hydrogens (tertiary/aromatic N) is 1. The molecule has 4 rings (SSSR count). The number of alkyl halides is 1. The third-order valence-electron chi connectivity index (χ3n) is 7.13. The molecule has 2 bridgehead atoms. The Balaban J connectivity index is 1.76. The molecular formula is C25H34BrN3O4S. The van der Waals surface area contributed by atoms with Gasteiger partial charge in [0.2, 0.25) is 17.7 Å². The maximum atomic E-state index is 14.1. The quantitative estimate of drug-likeness (QED) is 0.472. The summed E-state index contributed by atoms with van der Waals surface area (Å²) in [6.45, 7) is 9.38. The van der Waals surface area contributed by atoms with Crippen LogP contribution in [0, 0.1) is 17.8 Å². The number of likely N-dealkylation sites (tertiary alicyclic amines) is 1. The van der Waals surface area contributed by atoms with Crippen molar-refractivity contribution in [2.45, 2.75) is 73.5 Å². The first-order valence-corrected chi connectivity index (χ1v) is 13.6. The van der Waals surface area contributed by atoms with Gasteiger partial charge in [-0.15, -0.1) is 11.8 Å². The van der Waals surface area contributed by atoms with Crippen molar-refractivity contribution in [1.29, 1.82) is 0 Å². The number of fused-ring (bicyclic) bond motifs is 1.